The molecule has 106 valence electrons. The van der Waals surface area contributed by atoms with Gasteiger partial charge in [-0.15, -0.1) is 0 Å². The molecule has 0 N–H and O–H groups in total. The maximum atomic E-state index is 12.0. The van der Waals surface area contributed by atoms with Crippen LogP contribution in [-0.2, 0) is 9.53 Å². The fourth-order valence-corrected chi connectivity index (χ4v) is 2.08. The van der Waals surface area contributed by atoms with Crippen molar-refractivity contribution >= 4 is 5.97 Å². The minimum absolute atomic E-state index is 0.188. The topological polar surface area (TPSA) is 35.5 Å². The van der Waals surface area contributed by atoms with Crippen LogP contribution in [0.2, 0.25) is 0 Å². The smallest absolute Gasteiger partial charge is 0.313 e. The molecule has 0 aliphatic carbocycles. The van der Waals surface area contributed by atoms with Crippen LogP contribution in [0.25, 0.3) is 0 Å². The van der Waals surface area contributed by atoms with Crippen molar-refractivity contribution in [2.24, 2.45) is 5.92 Å². The molecular weight excluding hydrogens is 240 g/mol. The lowest BCUT2D eigenvalue weighted by Gasteiger charge is -2.16. The number of para-hydroxylation sites is 1. The third kappa shape index (κ3) is 4.58. The third-order valence-electron chi connectivity index (χ3n) is 3.25. The lowest BCUT2D eigenvalue weighted by atomic mass is 10.0. The first-order chi connectivity index (χ1) is 9.10. The summed E-state index contributed by atoms with van der Waals surface area (Å²) in [6.07, 6.45) is 2.19. The molecule has 0 spiro atoms. The molecular formula is C16H24O3. The summed E-state index contributed by atoms with van der Waals surface area (Å²) in [5.41, 5.74) is 0.873. The van der Waals surface area contributed by atoms with E-state index in [0.29, 0.717) is 12.5 Å². The van der Waals surface area contributed by atoms with Gasteiger partial charge in [0.25, 0.3) is 0 Å². The summed E-state index contributed by atoms with van der Waals surface area (Å²) in [5.74, 6) is 0.657. The number of esters is 1. The molecule has 0 radical (unpaired) electrons. The van der Waals surface area contributed by atoms with Gasteiger partial charge in [-0.25, -0.2) is 0 Å². The summed E-state index contributed by atoms with van der Waals surface area (Å²) in [4.78, 5) is 12.0. The first-order valence-corrected chi connectivity index (χ1v) is 6.89. The standard InChI is InChI=1S/C16H24O3/c1-5-8-12(2)11-19-16(17)13(3)14-9-6-7-10-15(14)18-4/h6-7,9-10,12-13H,5,8,11H2,1-4H3. The van der Waals surface area contributed by atoms with Gasteiger partial charge in [0.1, 0.15) is 5.75 Å². The fraction of sp³-hybridized carbons (Fsp3) is 0.562. The largest absolute Gasteiger partial charge is 0.496 e. The van der Waals surface area contributed by atoms with E-state index in [1.165, 1.54) is 0 Å². The van der Waals surface area contributed by atoms with Gasteiger partial charge in [0, 0.05) is 5.56 Å². The third-order valence-corrected chi connectivity index (χ3v) is 3.25. The predicted octanol–water partition coefficient (Wildman–Crippen LogP) is 3.78. The van der Waals surface area contributed by atoms with Gasteiger partial charge in [-0.2, -0.15) is 0 Å². The highest BCUT2D eigenvalue weighted by atomic mass is 16.5. The molecule has 1 aromatic carbocycles. The molecule has 0 aliphatic rings. The molecule has 3 nitrogen and oxygen atoms in total. The number of rotatable bonds is 7. The Morgan fingerprint density at radius 3 is 2.58 bits per heavy atom. The summed E-state index contributed by atoms with van der Waals surface area (Å²) in [6, 6.07) is 7.56. The zero-order valence-electron chi connectivity index (χ0n) is 12.3. The molecule has 0 amide bonds. The van der Waals surface area contributed by atoms with Gasteiger partial charge in [0.05, 0.1) is 19.6 Å². The number of ether oxygens (including phenoxy) is 2. The Balaban J connectivity index is 2.61. The Morgan fingerprint density at radius 2 is 1.95 bits per heavy atom. The van der Waals surface area contributed by atoms with E-state index in [4.69, 9.17) is 9.47 Å². The van der Waals surface area contributed by atoms with Crippen LogP contribution in [0.1, 0.15) is 45.1 Å². The van der Waals surface area contributed by atoms with Crippen LogP contribution in [0.3, 0.4) is 0 Å². The molecule has 0 saturated carbocycles. The Kier molecular flexibility index (Phi) is 6.40. The van der Waals surface area contributed by atoms with Crippen LogP contribution in [0.5, 0.6) is 5.75 Å². The van der Waals surface area contributed by atoms with E-state index in [-0.39, 0.29) is 11.9 Å². The first-order valence-electron chi connectivity index (χ1n) is 6.89. The van der Waals surface area contributed by atoms with Gasteiger partial charge in [-0.3, -0.25) is 4.79 Å². The van der Waals surface area contributed by atoms with E-state index >= 15 is 0 Å². The second-order valence-electron chi connectivity index (χ2n) is 4.99. The van der Waals surface area contributed by atoms with Crippen LogP contribution in [0.15, 0.2) is 24.3 Å². The molecule has 0 fully saturated rings. The summed E-state index contributed by atoms with van der Waals surface area (Å²) in [7, 11) is 1.61. The van der Waals surface area contributed by atoms with Crippen molar-refractivity contribution in [3.63, 3.8) is 0 Å². The number of methoxy groups -OCH3 is 1. The molecule has 0 aliphatic heterocycles. The fourth-order valence-electron chi connectivity index (χ4n) is 2.08. The van der Waals surface area contributed by atoms with Crippen molar-refractivity contribution in [3.05, 3.63) is 29.8 Å². The van der Waals surface area contributed by atoms with E-state index in [0.717, 1.165) is 24.2 Å². The van der Waals surface area contributed by atoms with Crippen LogP contribution in [0, 0.1) is 5.92 Å². The van der Waals surface area contributed by atoms with E-state index in [1.807, 2.05) is 31.2 Å². The van der Waals surface area contributed by atoms with Crippen LogP contribution in [-0.4, -0.2) is 19.7 Å². The summed E-state index contributed by atoms with van der Waals surface area (Å²) in [6.45, 7) is 6.58. The molecule has 1 aromatic rings. The van der Waals surface area contributed by atoms with Crippen molar-refractivity contribution in [1.82, 2.24) is 0 Å². The highest BCUT2D eigenvalue weighted by Gasteiger charge is 2.20. The SMILES string of the molecule is CCCC(C)COC(=O)C(C)c1ccccc1OC. The molecule has 0 bridgehead atoms. The van der Waals surface area contributed by atoms with Crippen LogP contribution < -0.4 is 4.74 Å². The molecule has 0 aromatic heterocycles. The lowest BCUT2D eigenvalue weighted by Crippen LogP contribution is -2.17. The Bertz CT molecular complexity index is 401. The number of carbonyl (C=O) groups is 1. The van der Waals surface area contributed by atoms with E-state index < -0.39 is 0 Å². The van der Waals surface area contributed by atoms with E-state index in [1.54, 1.807) is 7.11 Å². The zero-order chi connectivity index (χ0) is 14.3. The highest BCUT2D eigenvalue weighted by Crippen LogP contribution is 2.27. The molecule has 3 heteroatoms. The van der Waals surface area contributed by atoms with Gasteiger partial charge < -0.3 is 9.47 Å². The zero-order valence-corrected chi connectivity index (χ0v) is 12.3. The first kappa shape index (κ1) is 15.5. The normalized spacial score (nSPS) is 13.7. The Labute approximate surface area is 115 Å². The minimum Gasteiger partial charge on any atom is -0.496 e. The molecule has 0 saturated heterocycles. The average Bonchev–Trinajstić information content (AvgIpc) is 2.44. The lowest BCUT2D eigenvalue weighted by molar-refractivity contribution is -0.146. The second-order valence-corrected chi connectivity index (χ2v) is 4.99. The number of hydrogen-bond donors (Lipinski definition) is 0. The number of hydrogen-bond acceptors (Lipinski definition) is 3. The predicted molar refractivity (Wildman–Crippen MR) is 76.4 cm³/mol. The molecule has 1 rings (SSSR count). The quantitative estimate of drug-likeness (QED) is 0.703. The van der Waals surface area contributed by atoms with Crippen LogP contribution in [0.4, 0.5) is 0 Å². The maximum absolute atomic E-state index is 12.0. The maximum Gasteiger partial charge on any atom is 0.313 e. The molecule has 2 unspecified atom stereocenters. The van der Waals surface area contributed by atoms with Gasteiger partial charge in [-0.05, 0) is 25.3 Å². The molecule has 0 heterocycles. The Morgan fingerprint density at radius 1 is 1.26 bits per heavy atom. The second kappa shape index (κ2) is 7.82. The average molecular weight is 264 g/mol. The van der Waals surface area contributed by atoms with Crippen molar-refractivity contribution in [2.45, 2.75) is 39.5 Å². The van der Waals surface area contributed by atoms with Gasteiger partial charge >= 0.3 is 5.97 Å². The summed E-state index contributed by atoms with van der Waals surface area (Å²) in [5, 5.41) is 0. The number of benzene rings is 1. The molecule has 2 atom stereocenters. The van der Waals surface area contributed by atoms with E-state index in [2.05, 4.69) is 13.8 Å². The summed E-state index contributed by atoms with van der Waals surface area (Å²) >= 11 is 0. The van der Waals surface area contributed by atoms with Gasteiger partial charge in [0.2, 0.25) is 0 Å². The van der Waals surface area contributed by atoms with Gasteiger partial charge in [0.15, 0.2) is 0 Å². The van der Waals surface area contributed by atoms with Crippen molar-refractivity contribution in [1.29, 1.82) is 0 Å². The van der Waals surface area contributed by atoms with E-state index in [9.17, 15) is 4.79 Å². The highest BCUT2D eigenvalue weighted by molar-refractivity contribution is 5.78. The molecule has 19 heavy (non-hydrogen) atoms. The van der Waals surface area contributed by atoms with Crippen molar-refractivity contribution in [3.8, 4) is 5.75 Å². The monoisotopic (exact) mass is 264 g/mol. The van der Waals surface area contributed by atoms with Gasteiger partial charge in [-0.1, -0.05) is 38.5 Å². The van der Waals surface area contributed by atoms with Crippen LogP contribution >= 0.6 is 0 Å². The summed E-state index contributed by atoms with van der Waals surface area (Å²) < 4.78 is 10.7. The minimum atomic E-state index is -0.301. The Hall–Kier alpha value is -1.51. The van der Waals surface area contributed by atoms with Crippen molar-refractivity contribution < 1.29 is 14.3 Å². The number of carbonyl (C=O) groups excluding carboxylic acids is 1. The van der Waals surface area contributed by atoms with Crippen molar-refractivity contribution in [2.75, 3.05) is 13.7 Å².